The van der Waals surface area contributed by atoms with Crippen molar-refractivity contribution in [3.8, 4) is 0 Å². The van der Waals surface area contributed by atoms with Crippen LogP contribution in [-0.4, -0.2) is 74.2 Å². The van der Waals surface area contributed by atoms with Crippen LogP contribution in [0, 0.1) is 5.92 Å². The van der Waals surface area contributed by atoms with Gasteiger partial charge in [-0.3, -0.25) is 14.5 Å². The minimum Gasteiger partial charge on any atom is -0.469 e. The zero-order chi connectivity index (χ0) is 15.2. The number of ether oxygens (including phenoxy) is 2. The number of carbonyl (C=O) groups is 2. The van der Waals surface area contributed by atoms with Crippen LogP contribution in [0.4, 0.5) is 0 Å². The Balaban J connectivity index is 1.76. The van der Waals surface area contributed by atoms with Crippen LogP contribution in [0.5, 0.6) is 0 Å². The van der Waals surface area contributed by atoms with Crippen LogP contribution in [0.25, 0.3) is 0 Å². The van der Waals surface area contributed by atoms with E-state index in [1.54, 1.807) is 0 Å². The van der Waals surface area contributed by atoms with Crippen molar-refractivity contribution in [3.63, 3.8) is 0 Å². The van der Waals surface area contributed by atoms with E-state index in [-0.39, 0.29) is 24.4 Å². The van der Waals surface area contributed by atoms with E-state index in [0.29, 0.717) is 19.7 Å². The third-order valence-electron chi connectivity index (χ3n) is 4.34. The SMILES string of the molecule is COC(=O)CC1CN(CC(=O)N2CCC(C)CC2)CCO1. The van der Waals surface area contributed by atoms with Gasteiger partial charge in [-0.15, -0.1) is 0 Å². The Labute approximate surface area is 126 Å². The topological polar surface area (TPSA) is 59.1 Å². The molecule has 0 saturated carbocycles. The zero-order valence-electron chi connectivity index (χ0n) is 13.0. The van der Waals surface area contributed by atoms with Gasteiger partial charge in [-0.1, -0.05) is 6.92 Å². The largest absolute Gasteiger partial charge is 0.469 e. The molecule has 2 saturated heterocycles. The lowest BCUT2D eigenvalue weighted by Crippen LogP contribution is -2.49. The molecule has 6 nitrogen and oxygen atoms in total. The van der Waals surface area contributed by atoms with E-state index in [4.69, 9.17) is 4.74 Å². The first-order valence-electron chi connectivity index (χ1n) is 7.77. The van der Waals surface area contributed by atoms with E-state index in [9.17, 15) is 9.59 Å². The van der Waals surface area contributed by atoms with Crippen molar-refractivity contribution < 1.29 is 19.1 Å². The van der Waals surface area contributed by atoms with Crippen molar-refractivity contribution in [2.24, 2.45) is 5.92 Å². The number of methoxy groups -OCH3 is 1. The normalized spacial score (nSPS) is 24.9. The van der Waals surface area contributed by atoms with Crippen LogP contribution < -0.4 is 0 Å². The summed E-state index contributed by atoms with van der Waals surface area (Å²) in [4.78, 5) is 27.6. The van der Waals surface area contributed by atoms with Gasteiger partial charge in [0.2, 0.25) is 5.91 Å². The molecule has 0 aromatic rings. The molecule has 2 heterocycles. The quantitative estimate of drug-likeness (QED) is 0.708. The number of morpholine rings is 1. The van der Waals surface area contributed by atoms with E-state index in [0.717, 1.165) is 38.4 Å². The number of hydrogen-bond acceptors (Lipinski definition) is 5. The fraction of sp³-hybridized carbons (Fsp3) is 0.867. The lowest BCUT2D eigenvalue weighted by atomic mass is 9.99. The average molecular weight is 298 g/mol. The van der Waals surface area contributed by atoms with Gasteiger partial charge < -0.3 is 14.4 Å². The zero-order valence-corrected chi connectivity index (χ0v) is 13.0. The van der Waals surface area contributed by atoms with E-state index in [1.807, 2.05) is 4.90 Å². The second-order valence-corrected chi connectivity index (χ2v) is 6.07. The lowest BCUT2D eigenvalue weighted by molar-refractivity contribution is -0.146. The molecule has 2 aliphatic heterocycles. The van der Waals surface area contributed by atoms with Crippen molar-refractivity contribution in [1.82, 2.24) is 9.80 Å². The molecule has 1 atom stereocenters. The number of nitrogens with zero attached hydrogens (tertiary/aromatic N) is 2. The summed E-state index contributed by atoms with van der Waals surface area (Å²) >= 11 is 0. The molecule has 0 N–H and O–H groups in total. The van der Waals surface area contributed by atoms with Gasteiger partial charge in [0.1, 0.15) is 0 Å². The molecule has 6 heteroatoms. The van der Waals surface area contributed by atoms with Gasteiger partial charge >= 0.3 is 5.97 Å². The maximum atomic E-state index is 12.3. The Morgan fingerprint density at radius 2 is 1.95 bits per heavy atom. The molecule has 1 unspecified atom stereocenters. The Hall–Kier alpha value is -1.14. The van der Waals surface area contributed by atoms with Crippen LogP contribution in [0.1, 0.15) is 26.2 Å². The van der Waals surface area contributed by atoms with Gasteiger partial charge in [-0.25, -0.2) is 0 Å². The summed E-state index contributed by atoms with van der Waals surface area (Å²) in [5.74, 6) is 0.653. The first-order chi connectivity index (χ1) is 10.1. The average Bonchev–Trinajstić information content (AvgIpc) is 2.48. The van der Waals surface area contributed by atoms with Crippen LogP contribution in [0.15, 0.2) is 0 Å². The van der Waals surface area contributed by atoms with Gasteiger partial charge in [-0.2, -0.15) is 0 Å². The van der Waals surface area contributed by atoms with Crippen LogP contribution in [0.2, 0.25) is 0 Å². The smallest absolute Gasteiger partial charge is 0.308 e. The summed E-state index contributed by atoms with van der Waals surface area (Å²) in [6.07, 6.45) is 2.28. The highest BCUT2D eigenvalue weighted by atomic mass is 16.5. The second-order valence-electron chi connectivity index (χ2n) is 6.07. The van der Waals surface area contributed by atoms with Crippen LogP contribution in [0.3, 0.4) is 0 Å². The predicted octanol–water partition coefficient (Wildman–Crippen LogP) is 0.509. The number of carbonyl (C=O) groups excluding carboxylic acids is 2. The van der Waals surface area contributed by atoms with Crippen molar-refractivity contribution in [1.29, 1.82) is 0 Å². The Morgan fingerprint density at radius 1 is 1.24 bits per heavy atom. The lowest BCUT2D eigenvalue weighted by Gasteiger charge is -2.35. The first kappa shape index (κ1) is 16.2. The molecule has 0 radical (unpaired) electrons. The number of piperidine rings is 1. The molecule has 0 aliphatic carbocycles. The summed E-state index contributed by atoms with van der Waals surface area (Å²) in [7, 11) is 1.38. The van der Waals surface area contributed by atoms with Crippen LogP contribution in [-0.2, 0) is 19.1 Å². The number of hydrogen-bond donors (Lipinski definition) is 0. The molecule has 0 aromatic heterocycles. The van der Waals surface area contributed by atoms with E-state index in [1.165, 1.54) is 7.11 Å². The summed E-state index contributed by atoms with van der Waals surface area (Å²) in [5, 5.41) is 0. The standard InChI is InChI=1S/C15H26N2O4/c1-12-3-5-17(6-4-12)14(18)11-16-7-8-21-13(10-16)9-15(19)20-2/h12-13H,3-11H2,1-2H3. The molecule has 0 aromatic carbocycles. The molecule has 1 amide bonds. The van der Waals surface area contributed by atoms with Gasteiger partial charge in [0.15, 0.2) is 0 Å². The highest BCUT2D eigenvalue weighted by Gasteiger charge is 2.27. The summed E-state index contributed by atoms with van der Waals surface area (Å²) < 4.78 is 10.2. The number of amides is 1. The van der Waals surface area contributed by atoms with Crippen molar-refractivity contribution in [2.45, 2.75) is 32.3 Å². The summed E-state index contributed by atoms with van der Waals surface area (Å²) in [6, 6.07) is 0. The first-order valence-corrected chi connectivity index (χ1v) is 7.77. The molecular weight excluding hydrogens is 272 g/mol. The molecule has 2 fully saturated rings. The summed E-state index contributed by atoms with van der Waals surface area (Å²) in [5.41, 5.74) is 0. The molecule has 0 spiro atoms. The Bertz CT molecular complexity index is 367. The minimum atomic E-state index is -0.266. The van der Waals surface area contributed by atoms with Gasteiger partial charge in [0.25, 0.3) is 0 Å². The maximum Gasteiger partial charge on any atom is 0.308 e. The number of likely N-dealkylation sites (tertiary alicyclic amines) is 1. The van der Waals surface area contributed by atoms with Gasteiger partial charge in [0.05, 0.1) is 32.8 Å². The number of rotatable bonds is 4. The molecule has 2 rings (SSSR count). The fourth-order valence-electron chi connectivity index (χ4n) is 2.87. The highest BCUT2D eigenvalue weighted by molar-refractivity contribution is 5.78. The predicted molar refractivity (Wildman–Crippen MR) is 77.8 cm³/mol. The van der Waals surface area contributed by atoms with Crippen molar-refractivity contribution in [2.75, 3.05) is 46.4 Å². The Kier molecular flexibility index (Phi) is 5.99. The Morgan fingerprint density at radius 3 is 2.62 bits per heavy atom. The molecular formula is C15H26N2O4. The molecule has 120 valence electrons. The van der Waals surface area contributed by atoms with Crippen molar-refractivity contribution in [3.05, 3.63) is 0 Å². The summed E-state index contributed by atoms with van der Waals surface area (Å²) in [6.45, 7) is 6.33. The van der Waals surface area contributed by atoms with Crippen LogP contribution >= 0.6 is 0 Å². The maximum absolute atomic E-state index is 12.3. The van der Waals surface area contributed by atoms with E-state index >= 15 is 0 Å². The van der Waals surface area contributed by atoms with E-state index < -0.39 is 0 Å². The fourth-order valence-corrected chi connectivity index (χ4v) is 2.87. The van der Waals surface area contributed by atoms with Gasteiger partial charge in [-0.05, 0) is 18.8 Å². The van der Waals surface area contributed by atoms with Gasteiger partial charge in [0, 0.05) is 26.2 Å². The molecule has 0 bridgehead atoms. The second kappa shape index (κ2) is 7.75. The third kappa shape index (κ3) is 4.97. The molecule has 21 heavy (non-hydrogen) atoms. The minimum absolute atomic E-state index is 0.166. The van der Waals surface area contributed by atoms with Crippen molar-refractivity contribution >= 4 is 11.9 Å². The highest BCUT2D eigenvalue weighted by Crippen LogP contribution is 2.17. The number of esters is 1. The van der Waals surface area contributed by atoms with E-state index in [2.05, 4.69) is 16.6 Å². The molecule has 2 aliphatic rings. The monoisotopic (exact) mass is 298 g/mol. The third-order valence-corrected chi connectivity index (χ3v) is 4.34.